The van der Waals surface area contributed by atoms with Crippen LogP contribution < -0.4 is 10.1 Å². The summed E-state index contributed by atoms with van der Waals surface area (Å²) in [6.07, 6.45) is 1.91. The van der Waals surface area contributed by atoms with Crippen molar-refractivity contribution in [2.45, 2.75) is 40.0 Å². The first kappa shape index (κ1) is 13.6. The zero-order valence-electron chi connectivity index (χ0n) is 11.6. The normalized spacial score (nSPS) is 10.9. The highest BCUT2D eigenvalue weighted by Crippen LogP contribution is 2.19. The second-order valence-corrected chi connectivity index (χ2v) is 4.74. The van der Waals surface area contributed by atoms with Gasteiger partial charge >= 0.3 is 0 Å². The minimum atomic E-state index is 0.176. The van der Waals surface area contributed by atoms with E-state index in [-0.39, 0.29) is 6.10 Å². The predicted octanol–water partition coefficient (Wildman–Crippen LogP) is 3.06. The smallest absolute Gasteiger partial charge is 0.208 e. The van der Waals surface area contributed by atoms with Gasteiger partial charge in [0.05, 0.1) is 18.8 Å². The molecule has 0 radical (unpaired) electrons. The van der Waals surface area contributed by atoms with E-state index in [1.54, 1.807) is 6.20 Å². The number of nitrogens with zero attached hydrogens (tertiary/aromatic N) is 1. The standard InChI is InChI=1S/C15H20N2O2/c1-11(2)18-14-7-5-4-6-13(14)9-16-10-15-17-8-12(3)19-15/h4-8,11,16H,9-10H2,1-3H3. The average Bonchev–Trinajstić information content (AvgIpc) is 2.77. The number of nitrogens with one attached hydrogen (secondary N) is 1. The Morgan fingerprint density at radius 3 is 2.74 bits per heavy atom. The maximum Gasteiger partial charge on any atom is 0.208 e. The van der Waals surface area contributed by atoms with Gasteiger partial charge in [0, 0.05) is 12.1 Å². The Hall–Kier alpha value is -1.81. The lowest BCUT2D eigenvalue weighted by molar-refractivity contribution is 0.239. The van der Waals surface area contributed by atoms with Crippen molar-refractivity contribution in [3.63, 3.8) is 0 Å². The second kappa shape index (κ2) is 6.38. The highest BCUT2D eigenvalue weighted by atomic mass is 16.5. The van der Waals surface area contributed by atoms with Gasteiger partial charge in [-0.1, -0.05) is 18.2 Å². The number of rotatable bonds is 6. The van der Waals surface area contributed by atoms with Gasteiger partial charge in [0.1, 0.15) is 11.5 Å². The van der Waals surface area contributed by atoms with Gasteiger partial charge in [-0.25, -0.2) is 4.98 Å². The predicted molar refractivity (Wildman–Crippen MR) is 74.0 cm³/mol. The van der Waals surface area contributed by atoms with Crippen molar-refractivity contribution in [3.8, 4) is 5.75 Å². The number of hydrogen-bond acceptors (Lipinski definition) is 4. The zero-order chi connectivity index (χ0) is 13.7. The molecule has 19 heavy (non-hydrogen) atoms. The summed E-state index contributed by atoms with van der Waals surface area (Å²) in [5.74, 6) is 2.47. The molecule has 0 unspecified atom stereocenters. The highest BCUT2D eigenvalue weighted by molar-refractivity contribution is 5.33. The van der Waals surface area contributed by atoms with Crippen molar-refractivity contribution in [1.29, 1.82) is 0 Å². The van der Waals surface area contributed by atoms with Crippen LogP contribution in [0.5, 0.6) is 5.75 Å². The molecule has 1 aromatic carbocycles. The van der Waals surface area contributed by atoms with Gasteiger partial charge in [0.15, 0.2) is 0 Å². The molecular formula is C15H20N2O2. The SMILES string of the molecule is Cc1cnc(CNCc2ccccc2OC(C)C)o1. The van der Waals surface area contributed by atoms with Crippen molar-refractivity contribution in [2.24, 2.45) is 0 Å². The summed E-state index contributed by atoms with van der Waals surface area (Å²) in [4.78, 5) is 4.16. The molecule has 1 aromatic heterocycles. The molecule has 1 N–H and O–H groups in total. The Labute approximate surface area is 113 Å². The van der Waals surface area contributed by atoms with Gasteiger partial charge in [-0.2, -0.15) is 0 Å². The summed E-state index contributed by atoms with van der Waals surface area (Å²) in [7, 11) is 0. The lowest BCUT2D eigenvalue weighted by atomic mass is 10.2. The molecule has 0 saturated carbocycles. The second-order valence-electron chi connectivity index (χ2n) is 4.74. The molecule has 2 aromatic rings. The first-order chi connectivity index (χ1) is 9.15. The van der Waals surface area contributed by atoms with Crippen molar-refractivity contribution in [2.75, 3.05) is 0 Å². The number of aromatic nitrogens is 1. The summed E-state index contributed by atoms with van der Waals surface area (Å²) in [5, 5.41) is 3.31. The fourth-order valence-electron chi connectivity index (χ4n) is 1.81. The number of ether oxygens (including phenoxy) is 1. The number of para-hydroxylation sites is 1. The van der Waals surface area contributed by atoms with Crippen LogP contribution in [-0.2, 0) is 13.1 Å². The highest BCUT2D eigenvalue weighted by Gasteiger charge is 2.05. The summed E-state index contributed by atoms with van der Waals surface area (Å²) in [6, 6.07) is 8.05. The molecule has 0 spiro atoms. The Morgan fingerprint density at radius 1 is 1.26 bits per heavy atom. The van der Waals surface area contributed by atoms with E-state index in [2.05, 4.69) is 16.4 Å². The fraction of sp³-hybridized carbons (Fsp3) is 0.400. The quantitative estimate of drug-likeness (QED) is 0.867. The summed E-state index contributed by atoms with van der Waals surface area (Å²) in [6.45, 7) is 7.29. The summed E-state index contributed by atoms with van der Waals surface area (Å²) >= 11 is 0. The molecule has 0 fully saturated rings. The van der Waals surface area contributed by atoms with Crippen LogP contribution in [-0.4, -0.2) is 11.1 Å². The third-order valence-corrected chi connectivity index (χ3v) is 2.60. The van der Waals surface area contributed by atoms with Crippen molar-refractivity contribution >= 4 is 0 Å². The van der Waals surface area contributed by atoms with Crippen LogP contribution in [0.15, 0.2) is 34.9 Å². The van der Waals surface area contributed by atoms with E-state index >= 15 is 0 Å². The van der Waals surface area contributed by atoms with Crippen LogP contribution in [0.4, 0.5) is 0 Å². The third kappa shape index (κ3) is 4.10. The topological polar surface area (TPSA) is 47.3 Å². The van der Waals surface area contributed by atoms with Crippen LogP contribution >= 0.6 is 0 Å². The molecule has 0 aliphatic carbocycles. The van der Waals surface area contributed by atoms with E-state index in [1.807, 2.05) is 39.0 Å². The Kier molecular flexibility index (Phi) is 4.58. The Bertz CT molecular complexity index is 520. The molecule has 2 rings (SSSR count). The van der Waals surface area contributed by atoms with Gasteiger partial charge in [0.25, 0.3) is 0 Å². The van der Waals surface area contributed by atoms with Crippen molar-refractivity contribution in [3.05, 3.63) is 47.7 Å². The largest absolute Gasteiger partial charge is 0.491 e. The van der Waals surface area contributed by atoms with Gasteiger partial charge in [0.2, 0.25) is 5.89 Å². The van der Waals surface area contributed by atoms with Gasteiger partial charge in [-0.15, -0.1) is 0 Å². The van der Waals surface area contributed by atoms with Crippen LogP contribution in [0.3, 0.4) is 0 Å². The molecular weight excluding hydrogens is 240 g/mol. The number of benzene rings is 1. The molecule has 0 amide bonds. The molecule has 0 saturated heterocycles. The molecule has 102 valence electrons. The Balaban J connectivity index is 1.92. The van der Waals surface area contributed by atoms with Gasteiger partial charge in [-0.05, 0) is 26.8 Å². The van der Waals surface area contributed by atoms with E-state index in [1.165, 1.54) is 0 Å². The Morgan fingerprint density at radius 2 is 2.05 bits per heavy atom. The number of aryl methyl sites for hydroxylation is 1. The van der Waals surface area contributed by atoms with E-state index in [9.17, 15) is 0 Å². The zero-order valence-corrected chi connectivity index (χ0v) is 11.6. The fourth-order valence-corrected chi connectivity index (χ4v) is 1.81. The first-order valence-corrected chi connectivity index (χ1v) is 6.51. The van der Waals surface area contributed by atoms with Gasteiger partial charge in [-0.3, -0.25) is 0 Å². The van der Waals surface area contributed by atoms with E-state index in [0.717, 1.165) is 23.6 Å². The van der Waals surface area contributed by atoms with Crippen LogP contribution in [0, 0.1) is 6.92 Å². The maximum atomic E-state index is 5.77. The van der Waals surface area contributed by atoms with Crippen molar-refractivity contribution < 1.29 is 9.15 Å². The molecule has 0 bridgehead atoms. The minimum Gasteiger partial charge on any atom is -0.491 e. The molecule has 0 aliphatic heterocycles. The van der Waals surface area contributed by atoms with E-state index in [0.29, 0.717) is 12.4 Å². The average molecular weight is 260 g/mol. The number of oxazole rings is 1. The lowest BCUT2D eigenvalue weighted by Gasteiger charge is -2.14. The molecule has 4 nitrogen and oxygen atoms in total. The minimum absolute atomic E-state index is 0.176. The lowest BCUT2D eigenvalue weighted by Crippen LogP contribution is -2.15. The summed E-state index contributed by atoms with van der Waals surface area (Å²) in [5.41, 5.74) is 1.14. The molecule has 0 atom stereocenters. The molecule has 1 heterocycles. The monoisotopic (exact) mass is 260 g/mol. The van der Waals surface area contributed by atoms with E-state index in [4.69, 9.17) is 9.15 Å². The first-order valence-electron chi connectivity index (χ1n) is 6.51. The van der Waals surface area contributed by atoms with Gasteiger partial charge < -0.3 is 14.5 Å². The number of hydrogen-bond donors (Lipinski definition) is 1. The van der Waals surface area contributed by atoms with Crippen LogP contribution in [0.1, 0.15) is 31.1 Å². The summed E-state index contributed by atoms with van der Waals surface area (Å²) < 4.78 is 11.2. The molecule has 4 heteroatoms. The maximum absolute atomic E-state index is 5.77. The van der Waals surface area contributed by atoms with Crippen LogP contribution in [0.25, 0.3) is 0 Å². The third-order valence-electron chi connectivity index (χ3n) is 2.60. The molecule has 0 aliphatic rings. The van der Waals surface area contributed by atoms with Crippen LogP contribution in [0.2, 0.25) is 0 Å². The van der Waals surface area contributed by atoms with E-state index < -0.39 is 0 Å². The van der Waals surface area contributed by atoms with Crippen molar-refractivity contribution in [1.82, 2.24) is 10.3 Å².